The third-order valence-electron chi connectivity index (χ3n) is 4.99. The molecular weight excluding hydrogens is 414 g/mol. The first kappa shape index (κ1) is 20.5. The molecule has 1 aliphatic rings. The molecule has 0 unspecified atom stereocenters. The highest BCUT2D eigenvalue weighted by Gasteiger charge is 2.39. The van der Waals surface area contributed by atoms with E-state index < -0.39 is 0 Å². The molecule has 0 N–H and O–H groups in total. The van der Waals surface area contributed by atoms with Crippen LogP contribution in [0, 0.1) is 13.8 Å². The van der Waals surface area contributed by atoms with E-state index >= 15 is 0 Å². The van der Waals surface area contributed by atoms with Crippen molar-refractivity contribution in [3.05, 3.63) is 105 Å². The number of aryl methyl sites for hydroxylation is 2. The minimum absolute atomic E-state index is 0.248. The second-order valence-corrected chi connectivity index (χ2v) is 8.78. The lowest BCUT2D eigenvalue weighted by Crippen LogP contribution is -2.30. The van der Waals surface area contributed by atoms with Gasteiger partial charge in [0, 0.05) is 9.92 Å². The second kappa shape index (κ2) is 8.50. The lowest BCUT2D eigenvalue weighted by Gasteiger charge is -2.15. The average molecular weight is 434 g/mol. The fraction of sp³-hybridized carbons (Fsp3) is 0.120. The Labute approximate surface area is 185 Å². The summed E-state index contributed by atoms with van der Waals surface area (Å²) in [6.07, 6.45) is 0. The third kappa shape index (κ3) is 4.07. The number of benzene rings is 3. The molecule has 0 bridgehead atoms. The Kier molecular flexibility index (Phi) is 5.80. The first-order valence-electron chi connectivity index (χ1n) is 9.59. The smallest absolute Gasteiger partial charge is 0.268 e. The number of imide groups is 1. The van der Waals surface area contributed by atoms with Crippen LogP contribution in [-0.2, 0) is 16.1 Å². The Morgan fingerprint density at radius 2 is 1.57 bits per heavy atom. The van der Waals surface area contributed by atoms with Gasteiger partial charge in [-0.15, -0.1) is 0 Å². The van der Waals surface area contributed by atoms with Crippen LogP contribution in [0.5, 0.6) is 0 Å². The van der Waals surface area contributed by atoms with Crippen molar-refractivity contribution in [3.63, 3.8) is 0 Å². The molecule has 0 spiro atoms. The topological polar surface area (TPSA) is 37.4 Å². The first-order chi connectivity index (χ1) is 14.4. The highest BCUT2D eigenvalue weighted by atomic mass is 35.5. The molecule has 150 valence electrons. The number of amides is 2. The summed E-state index contributed by atoms with van der Waals surface area (Å²) in [4.78, 5) is 29.4. The normalized spacial score (nSPS) is 14.0. The molecule has 3 aromatic carbocycles. The molecular formula is C25H20ClNO2S. The van der Waals surface area contributed by atoms with Gasteiger partial charge in [0.15, 0.2) is 0 Å². The zero-order valence-electron chi connectivity index (χ0n) is 16.7. The molecule has 2 amide bonds. The Morgan fingerprint density at radius 1 is 0.867 bits per heavy atom. The zero-order valence-corrected chi connectivity index (χ0v) is 18.3. The van der Waals surface area contributed by atoms with E-state index in [1.165, 1.54) is 16.7 Å². The second-order valence-electron chi connectivity index (χ2n) is 7.26. The van der Waals surface area contributed by atoms with E-state index in [1.807, 2.05) is 74.5 Å². The maximum atomic E-state index is 13.4. The monoisotopic (exact) mass is 433 g/mol. The molecule has 1 aliphatic heterocycles. The number of nitrogens with zero attached hydrogens (tertiary/aromatic N) is 1. The molecule has 0 aliphatic carbocycles. The van der Waals surface area contributed by atoms with Gasteiger partial charge in [-0.05, 0) is 54.8 Å². The van der Waals surface area contributed by atoms with Crippen LogP contribution >= 0.6 is 23.4 Å². The Balaban J connectivity index is 1.78. The fourth-order valence-electron chi connectivity index (χ4n) is 3.51. The summed E-state index contributed by atoms with van der Waals surface area (Å²) < 4.78 is 0. The van der Waals surface area contributed by atoms with Crippen molar-refractivity contribution in [3.8, 4) is 0 Å². The van der Waals surface area contributed by atoms with Crippen LogP contribution in [0.3, 0.4) is 0 Å². The molecule has 4 rings (SSSR count). The van der Waals surface area contributed by atoms with Crippen molar-refractivity contribution in [2.45, 2.75) is 25.3 Å². The van der Waals surface area contributed by atoms with E-state index in [2.05, 4.69) is 0 Å². The molecule has 0 aromatic heterocycles. The predicted molar refractivity (Wildman–Crippen MR) is 122 cm³/mol. The van der Waals surface area contributed by atoms with Gasteiger partial charge in [-0.3, -0.25) is 14.5 Å². The molecule has 0 radical (unpaired) electrons. The van der Waals surface area contributed by atoms with Gasteiger partial charge in [-0.1, -0.05) is 77.5 Å². The summed E-state index contributed by atoms with van der Waals surface area (Å²) in [5.41, 5.74) is 4.26. The van der Waals surface area contributed by atoms with Crippen molar-refractivity contribution in [1.29, 1.82) is 0 Å². The van der Waals surface area contributed by atoms with Crippen LogP contribution in [0.4, 0.5) is 0 Å². The highest BCUT2D eigenvalue weighted by Crippen LogP contribution is 2.41. The van der Waals surface area contributed by atoms with Crippen LogP contribution in [-0.4, -0.2) is 16.7 Å². The molecule has 0 atom stereocenters. The van der Waals surface area contributed by atoms with E-state index in [0.717, 1.165) is 27.1 Å². The average Bonchev–Trinajstić information content (AvgIpc) is 2.95. The fourth-order valence-corrected chi connectivity index (χ4v) is 4.64. The number of carbonyl (C=O) groups is 2. The minimum Gasteiger partial charge on any atom is -0.269 e. The Morgan fingerprint density at radius 3 is 2.23 bits per heavy atom. The van der Waals surface area contributed by atoms with E-state index in [9.17, 15) is 9.59 Å². The highest BCUT2D eigenvalue weighted by molar-refractivity contribution is 8.04. The molecule has 0 saturated heterocycles. The summed E-state index contributed by atoms with van der Waals surface area (Å²) in [6, 6.07) is 22.8. The van der Waals surface area contributed by atoms with Gasteiger partial charge in [0.1, 0.15) is 0 Å². The van der Waals surface area contributed by atoms with Gasteiger partial charge in [0.2, 0.25) is 0 Å². The number of halogens is 1. The largest absolute Gasteiger partial charge is 0.269 e. The summed E-state index contributed by atoms with van der Waals surface area (Å²) in [5.74, 6) is -0.522. The van der Waals surface area contributed by atoms with Crippen molar-refractivity contribution in [1.82, 2.24) is 4.90 Å². The van der Waals surface area contributed by atoms with Crippen LogP contribution in [0.15, 0.2) is 82.6 Å². The zero-order chi connectivity index (χ0) is 21.3. The van der Waals surface area contributed by atoms with Gasteiger partial charge in [-0.2, -0.15) is 0 Å². The van der Waals surface area contributed by atoms with E-state index in [4.69, 9.17) is 11.6 Å². The number of hydrogen-bond donors (Lipinski definition) is 0. The van der Waals surface area contributed by atoms with Crippen LogP contribution < -0.4 is 0 Å². The SMILES string of the molecule is Cc1ccc(C2=C(Sc3ccc(Cl)cc3)C(=O)N(Cc3ccccc3)C2=O)c(C)c1. The number of rotatable bonds is 5. The van der Waals surface area contributed by atoms with E-state index in [-0.39, 0.29) is 18.4 Å². The Hall–Kier alpha value is -2.82. The van der Waals surface area contributed by atoms with E-state index in [1.54, 1.807) is 12.1 Å². The number of carbonyl (C=O) groups excluding carboxylic acids is 2. The molecule has 1 heterocycles. The quantitative estimate of drug-likeness (QED) is 0.461. The summed E-state index contributed by atoms with van der Waals surface area (Å²) in [7, 11) is 0. The Bertz CT molecular complexity index is 1150. The summed E-state index contributed by atoms with van der Waals surface area (Å²) >= 11 is 7.31. The maximum absolute atomic E-state index is 13.4. The van der Waals surface area contributed by atoms with Crippen molar-refractivity contribution in [2.75, 3.05) is 0 Å². The van der Waals surface area contributed by atoms with E-state index in [0.29, 0.717) is 15.5 Å². The lowest BCUT2D eigenvalue weighted by molar-refractivity contribution is -0.137. The predicted octanol–water partition coefficient (Wildman–Crippen LogP) is 6.03. The maximum Gasteiger partial charge on any atom is 0.268 e. The molecule has 3 aromatic rings. The molecule has 3 nitrogen and oxygen atoms in total. The standard InChI is InChI=1S/C25H20ClNO2S/c1-16-8-13-21(17(2)14-16)22-23(30-20-11-9-19(26)10-12-20)25(29)27(24(22)28)15-18-6-4-3-5-7-18/h3-14H,15H2,1-2H3. The van der Waals surface area contributed by atoms with Gasteiger partial charge in [0.05, 0.1) is 17.0 Å². The molecule has 0 fully saturated rings. The van der Waals surface area contributed by atoms with Crippen molar-refractivity contribution < 1.29 is 9.59 Å². The number of thioether (sulfide) groups is 1. The van der Waals surface area contributed by atoms with Gasteiger partial charge in [-0.25, -0.2) is 0 Å². The van der Waals surface area contributed by atoms with Crippen LogP contribution in [0.25, 0.3) is 5.57 Å². The van der Waals surface area contributed by atoms with Gasteiger partial charge < -0.3 is 0 Å². The molecule has 30 heavy (non-hydrogen) atoms. The van der Waals surface area contributed by atoms with Crippen LogP contribution in [0.2, 0.25) is 5.02 Å². The van der Waals surface area contributed by atoms with Crippen molar-refractivity contribution in [2.24, 2.45) is 0 Å². The summed E-state index contributed by atoms with van der Waals surface area (Å²) in [6.45, 7) is 4.23. The molecule has 5 heteroatoms. The molecule has 0 saturated carbocycles. The first-order valence-corrected chi connectivity index (χ1v) is 10.8. The minimum atomic E-state index is -0.265. The lowest BCUT2D eigenvalue weighted by atomic mass is 9.99. The van der Waals surface area contributed by atoms with Gasteiger partial charge in [0.25, 0.3) is 11.8 Å². The van der Waals surface area contributed by atoms with Gasteiger partial charge >= 0.3 is 0 Å². The van der Waals surface area contributed by atoms with Crippen molar-refractivity contribution >= 4 is 40.8 Å². The number of hydrogen-bond acceptors (Lipinski definition) is 3. The van der Waals surface area contributed by atoms with Crippen LogP contribution in [0.1, 0.15) is 22.3 Å². The summed E-state index contributed by atoms with van der Waals surface area (Å²) in [5, 5.41) is 0.627. The third-order valence-corrected chi connectivity index (χ3v) is 6.34.